The predicted molar refractivity (Wildman–Crippen MR) is 102 cm³/mol. The summed E-state index contributed by atoms with van der Waals surface area (Å²) in [6.07, 6.45) is 6.42. The first-order valence-corrected chi connectivity index (χ1v) is 9.68. The number of azide groups is 1. The topological polar surface area (TPSA) is 84.0 Å². The van der Waals surface area contributed by atoms with Crippen molar-refractivity contribution in [2.24, 2.45) is 28.3 Å². The Hall–Kier alpha value is -1.97. The summed E-state index contributed by atoms with van der Waals surface area (Å²) in [5.74, 6) is 1.69. The van der Waals surface area contributed by atoms with Gasteiger partial charge in [-0.2, -0.15) is 0 Å². The molecule has 1 aromatic carbocycles. The van der Waals surface area contributed by atoms with Gasteiger partial charge in [0.05, 0.1) is 0 Å². The number of nitrogens with zero attached hydrogens (tertiary/aromatic N) is 3. The molecule has 0 bridgehead atoms. The van der Waals surface area contributed by atoms with Crippen LogP contribution >= 0.6 is 0 Å². The van der Waals surface area contributed by atoms with Gasteiger partial charge < -0.3 is 10.6 Å². The van der Waals surface area contributed by atoms with Gasteiger partial charge in [-0.15, -0.1) is 0 Å². The minimum absolute atomic E-state index is 0.0650. The van der Waals surface area contributed by atoms with Crippen molar-refractivity contribution in [3.8, 4) is 0 Å². The van der Waals surface area contributed by atoms with Crippen LogP contribution in [0, 0.1) is 24.2 Å². The minimum Gasteiger partial charge on any atom is -0.399 e. The molecule has 5 unspecified atom stereocenters. The highest BCUT2D eigenvalue weighted by atomic mass is 16.6. The molecule has 0 aromatic heterocycles. The average Bonchev–Trinajstić information content (AvgIpc) is 2.98. The molecule has 5 atom stereocenters. The van der Waals surface area contributed by atoms with E-state index in [1.54, 1.807) is 0 Å². The molecule has 2 saturated carbocycles. The Balaban J connectivity index is 1.67. The van der Waals surface area contributed by atoms with E-state index in [0.29, 0.717) is 17.6 Å². The van der Waals surface area contributed by atoms with Gasteiger partial charge in [0.15, 0.2) is 0 Å². The first-order chi connectivity index (χ1) is 12.4. The summed E-state index contributed by atoms with van der Waals surface area (Å²) >= 11 is 0. The lowest BCUT2D eigenvalue weighted by Crippen LogP contribution is -2.61. The van der Waals surface area contributed by atoms with Crippen molar-refractivity contribution in [3.05, 3.63) is 57.7 Å². The first kappa shape index (κ1) is 17.4. The monoisotopic (exact) mass is 352 g/mol. The standard InChI is InChI=1S/C21H28N4O/c1-13-4-5-16-15(12-13)8-11-21(22)18(16)9-10-20(3)17(6-7-19(20)21)14(2)26-25-24-23/h4-5,12,17-19H,2,6-11,22H2,1,3H3. The van der Waals surface area contributed by atoms with Crippen LogP contribution in [0.5, 0.6) is 0 Å². The highest BCUT2D eigenvalue weighted by Gasteiger charge is 2.61. The Bertz CT molecular complexity index is 799. The van der Waals surface area contributed by atoms with Crippen LogP contribution < -0.4 is 5.73 Å². The molecule has 3 aliphatic carbocycles. The molecule has 2 fully saturated rings. The van der Waals surface area contributed by atoms with Crippen molar-refractivity contribution < 1.29 is 4.84 Å². The Kier molecular flexibility index (Phi) is 4.05. The van der Waals surface area contributed by atoms with E-state index in [9.17, 15) is 0 Å². The lowest BCUT2D eigenvalue weighted by atomic mass is 9.50. The summed E-state index contributed by atoms with van der Waals surface area (Å²) in [5, 5.41) is 3.27. The van der Waals surface area contributed by atoms with Gasteiger partial charge in [0.2, 0.25) is 0 Å². The van der Waals surface area contributed by atoms with Gasteiger partial charge in [0, 0.05) is 22.3 Å². The maximum atomic E-state index is 8.53. The molecular weight excluding hydrogens is 324 g/mol. The molecule has 1 aromatic rings. The van der Waals surface area contributed by atoms with E-state index in [1.807, 2.05) is 0 Å². The van der Waals surface area contributed by atoms with E-state index in [-0.39, 0.29) is 16.9 Å². The number of benzene rings is 1. The van der Waals surface area contributed by atoms with Crippen molar-refractivity contribution in [3.63, 3.8) is 0 Å². The van der Waals surface area contributed by atoms with Gasteiger partial charge in [-0.25, -0.2) is 0 Å². The van der Waals surface area contributed by atoms with Gasteiger partial charge in [-0.05, 0) is 73.4 Å². The molecule has 0 radical (unpaired) electrons. The molecule has 0 aliphatic heterocycles. The number of fused-ring (bicyclic) bond motifs is 5. The Labute approximate surface area is 155 Å². The molecule has 0 saturated heterocycles. The van der Waals surface area contributed by atoms with Gasteiger partial charge >= 0.3 is 0 Å². The Morgan fingerprint density at radius 2 is 2.15 bits per heavy atom. The number of aryl methyl sites for hydroxylation is 2. The minimum atomic E-state index is -0.164. The van der Waals surface area contributed by atoms with Gasteiger partial charge in [0.1, 0.15) is 11.0 Å². The van der Waals surface area contributed by atoms with Gasteiger partial charge in [-0.1, -0.05) is 37.3 Å². The maximum Gasteiger partial charge on any atom is 0.117 e. The quantitative estimate of drug-likeness (QED) is 0.263. The largest absolute Gasteiger partial charge is 0.399 e. The first-order valence-electron chi connectivity index (χ1n) is 9.68. The van der Waals surface area contributed by atoms with Crippen LogP contribution in [0.1, 0.15) is 61.6 Å². The summed E-state index contributed by atoms with van der Waals surface area (Å²) < 4.78 is 0. The molecule has 26 heavy (non-hydrogen) atoms. The zero-order valence-corrected chi connectivity index (χ0v) is 15.7. The summed E-state index contributed by atoms with van der Waals surface area (Å²) in [6, 6.07) is 6.88. The third-order valence-electron chi connectivity index (χ3n) is 7.69. The van der Waals surface area contributed by atoms with Gasteiger partial charge in [0.25, 0.3) is 0 Å². The van der Waals surface area contributed by atoms with Crippen LogP contribution in [0.15, 0.2) is 35.8 Å². The fourth-order valence-corrected chi connectivity index (χ4v) is 6.53. The normalized spacial score (nSPS) is 37.7. The maximum absolute atomic E-state index is 8.53. The van der Waals surface area contributed by atoms with E-state index < -0.39 is 0 Å². The van der Waals surface area contributed by atoms with E-state index in [2.05, 4.69) is 48.8 Å². The highest BCUT2D eigenvalue weighted by molar-refractivity contribution is 5.41. The summed E-state index contributed by atoms with van der Waals surface area (Å²) in [5.41, 5.74) is 19.9. The molecule has 0 heterocycles. The third kappa shape index (κ3) is 2.38. The summed E-state index contributed by atoms with van der Waals surface area (Å²) in [7, 11) is 0. The number of hydrogen-bond donors (Lipinski definition) is 1. The molecular formula is C21H28N4O. The number of rotatable bonds is 3. The second-order valence-corrected chi connectivity index (χ2v) is 8.82. The van der Waals surface area contributed by atoms with Crippen LogP contribution in [0.3, 0.4) is 0 Å². The molecule has 2 N–H and O–H groups in total. The molecule has 138 valence electrons. The van der Waals surface area contributed by atoms with Crippen molar-refractivity contribution >= 4 is 0 Å². The van der Waals surface area contributed by atoms with Crippen LogP contribution in [-0.2, 0) is 11.3 Å². The van der Waals surface area contributed by atoms with Crippen molar-refractivity contribution in [2.45, 2.75) is 63.8 Å². The number of hydrogen-bond acceptors (Lipinski definition) is 3. The summed E-state index contributed by atoms with van der Waals surface area (Å²) in [6.45, 7) is 8.56. The fraction of sp³-hybridized carbons (Fsp3) is 0.619. The highest BCUT2D eigenvalue weighted by Crippen LogP contribution is 2.64. The average molecular weight is 352 g/mol. The molecule has 0 spiro atoms. The SMILES string of the molecule is C=C(ON=[N+]=[N-])C1CCC2C1(C)CCC1c3ccc(C)cc3CCC12N. The lowest BCUT2D eigenvalue weighted by Gasteiger charge is -2.57. The molecule has 0 amide bonds. The second-order valence-electron chi connectivity index (χ2n) is 8.82. The Morgan fingerprint density at radius 1 is 1.35 bits per heavy atom. The van der Waals surface area contributed by atoms with Crippen LogP contribution in [-0.4, -0.2) is 5.54 Å². The van der Waals surface area contributed by atoms with Crippen molar-refractivity contribution in [1.29, 1.82) is 0 Å². The smallest absolute Gasteiger partial charge is 0.117 e. The van der Waals surface area contributed by atoms with Crippen LogP contribution in [0.4, 0.5) is 0 Å². The Morgan fingerprint density at radius 3 is 2.92 bits per heavy atom. The predicted octanol–water partition coefficient (Wildman–Crippen LogP) is 5.30. The molecule has 5 nitrogen and oxygen atoms in total. The second kappa shape index (κ2) is 6.04. The van der Waals surface area contributed by atoms with Crippen molar-refractivity contribution in [2.75, 3.05) is 0 Å². The third-order valence-corrected chi connectivity index (χ3v) is 7.69. The zero-order valence-electron chi connectivity index (χ0n) is 15.7. The summed E-state index contributed by atoms with van der Waals surface area (Å²) in [4.78, 5) is 7.90. The van der Waals surface area contributed by atoms with E-state index >= 15 is 0 Å². The number of nitrogens with two attached hydrogens (primary N) is 1. The molecule has 3 aliphatic rings. The van der Waals surface area contributed by atoms with Crippen LogP contribution in [0.2, 0.25) is 0 Å². The van der Waals surface area contributed by atoms with Crippen molar-refractivity contribution in [1.82, 2.24) is 0 Å². The van der Waals surface area contributed by atoms with Crippen LogP contribution in [0.25, 0.3) is 10.4 Å². The van der Waals surface area contributed by atoms with E-state index in [4.69, 9.17) is 16.1 Å². The molecule has 5 heteroatoms. The van der Waals surface area contributed by atoms with E-state index in [0.717, 1.165) is 38.5 Å². The lowest BCUT2D eigenvalue weighted by molar-refractivity contribution is 0.00100. The molecule has 4 rings (SSSR count). The fourth-order valence-electron chi connectivity index (χ4n) is 6.53. The zero-order chi connectivity index (χ0) is 18.5. The number of allylic oxidation sites excluding steroid dienone is 1. The van der Waals surface area contributed by atoms with E-state index in [1.165, 1.54) is 16.7 Å². The van der Waals surface area contributed by atoms with Gasteiger partial charge in [-0.3, -0.25) is 0 Å².